The van der Waals surface area contributed by atoms with Gasteiger partial charge in [-0.2, -0.15) is 8.42 Å². The maximum Gasteiger partial charge on any atom is 0.399 e. The summed E-state index contributed by atoms with van der Waals surface area (Å²) in [7, 11) is -5.04. The standard InChI is InChI=1S/C32H56O13S/c1-15(2)22(43-28-25(37)24(36)26(38)29(44-28)45-46(40,41)42)7-6-16(3)18-13-20(34)27-31(18,5)11-9-23-30(4)10-8-17(33)12-19(30)21(35)14-32(23,27)39/h15-29,33-39H,6-14H2,1-5H3,(H,40,41,42). The highest BCUT2D eigenvalue weighted by Crippen LogP contribution is 2.69. The van der Waals surface area contributed by atoms with E-state index in [1.54, 1.807) is 0 Å². The maximum absolute atomic E-state index is 12.5. The van der Waals surface area contributed by atoms with Crippen molar-refractivity contribution in [3.8, 4) is 0 Å². The average Bonchev–Trinajstić information content (AvgIpc) is 3.23. The highest BCUT2D eigenvalue weighted by molar-refractivity contribution is 7.80. The molecule has 46 heavy (non-hydrogen) atoms. The van der Waals surface area contributed by atoms with Crippen molar-refractivity contribution in [3.05, 3.63) is 0 Å². The normalized spacial score (nSPS) is 50.8. The van der Waals surface area contributed by atoms with Gasteiger partial charge in [0.1, 0.15) is 18.3 Å². The van der Waals surface area contributed by atoms with Gasteiger partial charge in [0, 0.05) is 12.3 Å². The van der Waals surface area contributed by atoms with Crippen molar-refractivity contribution in [3.63, 3.8) is 0 Å². The van der Waals surface area contributed by atoms with Crippen molar-refractivity contribution >= 4 is 10.4 Å². The van der Waals surface area contributed by atoms with E-state index in [2.05, 4.69) is 25.0 Å². The van der Waals surface area contributed by atoms with E-state index in [1.807, 2.05) is 13.8 Å². The Morgan fingerprint density at radius 3 is 2.11 bits per heavy atom. The number of rotatable bonds is 9. The largest absolute Gasteiger partial charge is 0.399 e. The predicted molar refractivity (Wildman–Crippen MR) is 163 cm³/mol. The van der Waals surface area contributed by atoms with Crippen LogP contribution in [0.25, 0.3) is 0 Å². The first kappa shape index (κ1) is 36.8. The van der Waals surface area contributed by atoms with Gasteiger partial charge in [-0.05, 0) is 91.8 Å². The Bertz CT molecular complexity index is 1190. The summed E-state index contributed by atoms with van der Waals surface area (Å²) < 4.78 is 47.2. The monoisotopic (exact) mass is 680 g/mol. The van der Waals surface area contributed by atoms with E-state index in [1.165, 1.54) is 0 Å². The van der Waals surface area contributed by atoms with Gasteiger partial charge in [0.15, 0.2) is 6.29 Å². The van der Waals surface area contributed by atoms with Gasteiger partial charge in [-0.1, -0.05) is 34.6 Å². The summed E-state index contributed by atoms with van der Waals surface area (Å²) >= 11 is 0. The van der Waals surface area contributed by atoms with Crippen molar-refractivity contribution in [1.29, 1.82) is 0 Å². The van der Waals surface area contributed by atoms with E-state index in [-0.39, 0.29) is 46.8 Å². The molecule has 0 bridgehead atoms. The lowest BCUT2D eigenvalue weighted by Gasteiger charge is -2.66. The van der Waals surface area contributed by atoms with Crippen LogP contribution < -0.4 is 0 Å². The molecular formula is C32H56O13S. The lowest BCUT2D eigenvalue weighted by Crippen LogP contribution is -2.68. The molecule has 0 amide bonds. The number of fused-ring (bicyclic) bond motifs is 5. The van der Waals surface area contributed by atoms with Crippen molar-refractivity contribution < 1.29 is 62.4 Å². The zero-order chi connectivity index (χ0) is 34.1. The summed E-state index contributed by atoms with van der Waals surface area (Å²) in [6.45, 7) is 10.3. The van der Waals surface area contributed by atoms with Gasteiger partial charge in [-0.3, -0.25) is 4.55 Å². The summed E-state index contributed by atoms with van der Waals surface area (Å²) in [5.74, 6) is -0.489. The average molecular weight is 681 g/mol. The number of hydrogen-bond donors (Lipinski definition) is 8. The molecule has 0 aromatic heterocycles. The molecule has 17 atom stereocenters. The van der Waals surface area contributed by atoms with E-state index < -0.39 is 77.2 Å². The Hall–Kier alpha value is -0.490. The topological polar surface area (TPSA) is 224 Å². The fraction of sp³-hybridized carbons (Fsp3) is 1.00. The second-order valence-corrected chi connectivity index (χ2v) is 17.2. The summed E-state index contributed by atoms with van der Waals surface area (Å²) in [6, 6.07) is 0. The van der Waals surface area contributed by atoms with E-state index in [0.717, 1.165) is 19.3 Å². The van der Waals surface area contributed by atoms with Crippen molar-refractivity contribution in [2.75, 3.05) is 0 Å². The van der Waals surface area contributed by atoms with Gasteiger partial charge in [-0.15, -0.1) is 0 Å². The number of hydrogen-bond acceptors (Lipinski definition) is 12. The van der Waals surface area contributed by atoms with Gasteiger partial charge < -0.3 is 45.2 Å². The second kappa shape index (κ2) is 13.0. The zero-order valence-corrected chi connectivity index (χ0v) is 28.4. The first-order valence-corrected chi connectivity index (χ1v) is 18.4. The van der Waals surface area contributed by atoms with Crippen LogP contribution in [0.15, 0.2) is 0 Å². The summed E-state index contributed by atoms with van der Waals surface area (Å²) in [5, 5.41) is 76.8. The first-order chi connectivity index (χ1) is 21.2. The van der Waals surface area contributed by atoms with Crippen LogP contribution in [0.3, 0.4) is 0 Å². The summed E-state index contributed by atoms with van der Waals surface area (Å²) in [5.41, 5.74) is -1.92. The van der Waals surface area contributed by atoms with Gasteiger partial charge in [0.25, 0.3) is 0 Å². The molecule has 13 nitrogen and oxygen atoms in total. The maximum atomic E-state index is 12.5. The van der Waals surface area contributed by atoms with E-state index in [0.29, 0.717) is 32.1 Å². The first-order valence-electron chi connectivity index (χ1n) is 17.0. The van der Waals surface area contributed by atoms with Gasteiger partial charge in [-0.25, -0.2) is 4.18 Å². The molecule has 14 heteroatoms. The minimum atomic E-state index is -5.04. The molecule has 268 valence electrons. The van der Waals surface area contributed by atoms with Crippen LogP contribution in [0, 0.1) is 46.3 Å². The molecule has 1 heterocycles. The van der Waals surface area contributed by atoms with E-state index >= 15 is 0 Å². The molecule has 0 aromatic rings. The third kappa shape index (κ3) is 6.44. The zero-order valence-electron chi connectivity index (χ0n) is 27.6. The quantitative estimate of drug-likeness (QED) is 0.160. The fourth-order valence-corrected chi connectivity index (χ4v) is 11.3. The van der Waals surface area contributed by atoms with Crippen LogP contribution in [0.5, 0.6) is 0 Å². The number of aliphatic hydroxyl groups is 7. The highest BCUT2D eigenvalue weighted by Gasteiger charge is 2.70. The van der Waals surface area contributed by atoms with Crippen LogP contribution in [-0.4, -0.2) is 110 Å². The van der Waals surface area contributed by atoms with Crippen molar-refractivity contribution in [2.45, 2.75) is 153 Å². The molecular weight excluding hydrogens is 624 g/mol. The molecule has 4 saturated carbocycles. The SMILES string of the molecule is CC(C)C(CCC(C)C1CC(O)C2C1(C)CCC1C3(C)CCC(O)CC3C(O)CC12O)OC1OC(OS(=O)(=O)O)C(O)C(O)C1O. The van der Waals surface area contributed by atoms with Gasteiger partial charge >= 0.3 is 10.4 Å². The Morgan fingerprint density at radius 2 is 1.48 bits per heavy atom. The van der Waals surface area contributed by atoms with Crippen LogP contribution in [0.2, 0.25) is 0 Å². The van der Waals surface area contributed by atoms with Crippen LogP contribution in [0.4, 0.5) is 0 Å². The van der Waals surface area contributed by atoms with Crippen LogP contribution >= 0.6 is 0 Å². The van der Waals surface area contributed by atoms with E-state index in [9.17, 15) is 44.2 Å². The molecule has 4 aliphatic carbocycles. The molecule has 0 radical (unpaired) electrons. The highest BCUT2D eigenvalue weighted by atomic mass is 32.3. The molecule has 5 rings (SSSR count). The predicted octanol–water partition coefficient (Wildman–Crippen LogP) is 1.10. The Balaban J connectivity index is 1.28. The number of aliphatic hydroxyl groups excluding tert-OH is 6. The minimum absolute atomic E-state index is 0.0715. The molecule has 1 aliphatic heterocycles. The molecule has 0 spiro atoms. The smallest absolute Gasteiger partial charge is 0.393 e. The second-order valence-electron chi connectivity index (χ2n) is 16.1. The van der Waals surface area contributed by atoms with Crippen molar-refractivity contribution in [2.24, 2.45) is 46.3 Å². The lowest BCUT2D eigenvalue weighted by molar-refractivity contribution is -0.344. The minimum Gasteiger partial charge on any atom is -0.393 e. The van der Waals surface area contributed by atoms with Crippen LogP contribution in [-0.2, 0) is 24.1 Å². The summed E-state index contributed by atoms with van der Waals surface area (Å²) in [4.78, 5) is 0. The molecule has 0 aromatic carbocycles. The molecule has 5 fully saturated rings. The Morgan fingerprint density at radius 1 is 0.848 bits per heavy atom. The lowest BCUT2D eigenvalue weighted by atomic mass is 9.42. The fourth-order valence-electron chi connectivity index (χ4n) is 10.9. The third-order valence-electron chi connectivity index (χ3n) is 13.1. The van der Waals surface area contributed by atoms with Crippen LogP contribution in [0.1, 0.15) is 92.4 Å². The number of ether oxygens (including phenoxy) is 2. The Labute approximate surface area is 272 Å². The van der Waals surface area contributed by atoms with E-state index in [4.69, 9.17) is 14.0 Å². The molecule has 5 aliphatic rings. The Kier molecular flexibility index (Phi) is 10.4. The molecule has 17 unspecified atom stereocenters. The third-order valence-corrected chi connectivity index (χ3v) is 13.6. The molecule has 8 N–H and O–H groups in total. The van der Waals surface area contributed by atoms with Gasteiger partial charge in [0.2, 0.25) is 6.29 Å². The molecule has 1 saturated heterocycles. The van der Waals surface area contributed by atoms with Crippen molar-refractivity contribution in [1.82, 2.24) is 0 Å². The summed E-state index contributed by atoms with van der Waals surface area (Å²) in [6.07, 6.45) is -6.11. The van der Waals surface area contributed by atoms with Gasteiger partial charge in [0.05, 0.1) is 30.0 Å².